The van der Waals surface area contributed by atoms with Gasteiger partial charge >= 0.3 is 0 Å². The van der Waals surface area contributed by atoms with E-state index in [4.69, 9.17) is 4.74 Å². The van der Waals surface area contributed by atoms with Gasteiger partial charge in [0.15, 0.2) is 6.61 Å². The third-order valence-electron chi connectivity index (χ3n) is 4.87. The number of piperazine rings is 1. The fourth-order valence-electron chi connectivity index (χ4n) is 3.34. The van der Waals surface area contributed by atoms with Crippen molar-refractivity contribution in [2.24, 2.45) is 5.92 Å². The molecule has 0 radical (unpaired) electrons. The fraction of sp³-hybridized carbons (Fsp3) is 0.619. The molecule has 1 aliphatic heterocycles. The molecule has 1 aromatic rings. The topological polar surface area (TPSA) is 56.6 Å². The summed E-state index contributed by atoms with van der Waals surface area (Å²) in [5.74, 6) is 1.07. The summed E-state index contributed by atoms with van der Waals surface area (Å²) in [4.78, 5) is 16.5. The first kappa shape index (κ1) is 20.3. The van der Waals surface area contributed by atoms with E-state index < -0.39 is 0 Å². The molecule has 0 aromatic heterocycles. The summed E-state index contributed by atoms with van der Waals surface area (Å²) in [5, 5.41) is 9.33. The van der Waals surface area contributed by atoms with Crippen molar-refractivity contribution in [1.82, 2.24) is 9.80 Å². The second-order valence-electron chi connectivity index (χ2n) is 8.27. The monoisotopic (exact) mass is 357 g/mol. The highest BCUT2D eigenvalue weighted by Gasteiger charge is 2.28. The zero-order valence-electron chi connectivity index (χ0n) is 16.7. The van der Waals surface area contributed by atoms with Gasteiger partial charge < -0.3 is 9.64 Å². The van der Waals surface area contributed by atoms with Gasteiger partial charge in [-0.2, -0.15) is 5.26 Å². The Labute approximate surface area is 157 Å². The molecule has 142 valence electrons. The summed E-state index contributed by atoms with van der Waals surface area (Å²) in [7, 11) is 0. The molecule has 1 saturated heterocycles. The van der Waals surface area contributed by atoms with Gasteiger partial charge in [-0.05, 0) is 23.0 Å². The highest BCUT2D eigenvalue weighted by Crippen LogP contribution is 2.30. The number of carbonyl (C=O) groups excluding carboxylic acids is 1. The first-order valence-electron chi connectivity index (χ1n) is 9.37. The zero-order valence-corrected chi connectivity index (χ0v) is 16.7. The molecule has 26 heavy (non-hydrogen) atoms. The number of benzene rings is 1. The molecular weight excluding hydrogens is 326 g/mol. The Morgan fingerprint density at radius 3 is 2.35 bits per heavy atom. The minimum Gasteiger partial charge on any atom is -0.483 e. The van der Waals surface area contributed by atoms with E-state index >= 15 is 0 Å². The number of para-hydroxylation sites is 1. The maximum atomic E-state index is 12.5. The van der Waals surface area contributed by atoms with Crippen molar-refractivity contribution in [2.45, 2.75) is 46.1 Å². The largest absolute Gasteiger partial charge is 0.483 e. The van der Waals surface area contributed by atoms with Gasteiger partial charge in [0.25, 0.3) is 5.91 Å². The van der Waals surface area contributed by atoms with E-state index in [2.05, 4.69) is 45.6 Å². The lowest BCUT2D eigenvalue weighted by Gasteiger charge is -2.38. The van der Waals surface area contributed by atoms with Gasteiger partial charge in [-0.15, -0.1) is 0 Å². The van der Waals surface area contributed by atoms with Crippen molar-refractivity contribution in [3.8, 4) is 11.8 Å². The lowest BCUT2D eigenvalue weighted by molar-refractivity contribution is -0.135. The first-order valence-corrected chi connectivity index (χ1v) is 9.37. The second-order valence-corrected chi connectivity index (χ2v) is 8.27. The molecule has 1 atom stereocenters. The van der Waals surface area contributed by atoms with Gasteiger partial charge in [0, 0.05) is 26.2 Å². The molecule has 5 nitrogen and oxygen atoms in total. The molecule has 5 heteroatoms. The van der Waals surface area contributed by atoms with Gasteiger partial charge in [-0.25, -0.2) is 0 Å². The lowest BCUT2D eigenvalue weighted by atomic mass is 9.86. The summed E-state index contributed by atoms with van der Waals surface area (Å²) in [5.41, 5.74) is 1.07. The Kier molecular flexibility index (Phi) is 6.66. The summed E-state index contributed by atoms with van der Waals surface area (Å²) >= 11 is 0. The average molecular weight is 357 g/mol. The maximum absolute atomic E-state index is 12.5. The molecule has 0 N–H and O–H groups in total. The number of hydrogen-bond donors (Lipinski definition) is 0. The predicted molar refractivity (Wildman–Crippen MR) is 103 cm³/mol. The minimum atomic E-state index is -0.0813. The van der Waals surface area contributed by atoms with Crippen LogP contribution in [0.2, 0.25) is 0 Å². The van der Waals surface area contributed by atoms with Crippen LogP contribution in [0.25, 0.3) is 0 Å². The van der Waals surface area contributed by atoms with Gasteiger partial charge in [0.05, 0.1) is 6.07 Å². The highest BCUT2D eigenvalue weighted by molar-refractivity contribution is 5.78. The van der Waals surface area contributed by atoms with Crippen LogP contribution in [0.3, 0.4) is 0 Å². The van der Waals surface area contributed by atoms with Crippen molar-refractivity contribution in [3.63, 3.8) is 0 Å². The van der Waals surface area contributed by atoms with Crippen LogP contribution in [0, 0.1) is 17.2 Å². The summed E-state index contributed by atoms with van der Waals surface area (Å²) in [6.45, 7) is 13.4. The molecular formula is C21H31N3O2. The normalized spacial score (nSPS) is 17.0. The zero-order chi connectivity index (χ0) is 19.3. The quantitative estimate of drug-likeness (QED) is 0.813. The summed E-state index contributed by atoms with van der Waals surface area (Å²) in [6, 6.07) is 10.2. The standard InChI is InChI=1S/C21H31N3O2/c1-16(2)18(14-22)23-10-12-24(13-11-23)20(25)15-26-19-9-7-6-8-17(19)21(3,4)5/h6-9,16,18H,10-13,15H2,1-5H3. The molecule has 1 heterocycles. The van der Waals surface area contributed by atoms with Crippen molar-refractivity contribution >= 4 is 5.91 Å². The van der Waals surface area contributed by atoms with Gasteiger partial charge in [-0.3, -0.25) is 9.69 Å². The Hall–Kier alpha value is -2.06. The van der Waals surface area contributed by atoms with Crippen LogP contribution in [0.15, 0.2) is 24.3 Å². The van der Waals surface area contributed by atoms with E-state index in [9.17, 15) is 10.1 Å². The Morgan fingerprint density at radius 1 is 1.19 bits per heavy atom. The van der Waals surface area contributed by atoms with Crippen LogP contribution in [0.5, 0.6) is 5.75 Å². The minimum absolute atomic E-state index is 0.00594. The number of carbonyl (C=O) groups is 1. The van der Waals surface area contributed by atoms with Crippen LogP contribution >= 0.6 is 0 Å². The highest BCUT2D eigenvalue weighted by atomic mass is 16.5. The number of amides is 1. The van der Waals surface area contributed by atoms with Gasteiger partial charge in [0.1, 0.15) is 11.8 Å². The van der Waals surface area contributed by atoms with Crippen LogP contribution in [0.4, 0.5) is 0 Å². The predicted octanol–water partition coefficient (Wildman–Crippen LogP) is 3.06. The summed E-state index contributed by atoms with van der Waals surface area (Å²) in [6.07, 6.45) is 0. The van der Waals surface area contributed by atoms with Crippen LogP contribution < -0.4 is 4.74 Å². The fourth-order valence-corrected chi connectivity index (χ4v) is 3.34. The molecule has 0 spiro atoms. The van der Waals surface area contributed by atoms with E-state index in [1.165, 1.54) is 0 Å². The van der Waals surface area contributed by atoms with Gasteiger partial charge in [0.2, 0.25) is 0 Å². The number of ether oxygens (including phenoxy) is 1. The van der Waals surface area contributed by atoms with Crippen LogP contribution in [0.1, 0.15) is 40.2 Å². The second kappa shape index (κ2) is 8.55. The lowest BCUT2D eigenvalue weighted by Crippen LogP contribution is -2.53. The van der Waals surface area contributed by atoms with E-state index in [-0.39, 0.29) is 24.0 Å². The van der Waals surface area contributed by atoms with Crippen molar-refractivity contribution in [3.05, 3.63) is 29.8 Å². The molecule has 1 aliphatic rings. The molecule has 0 bridgehead atoms. The average Bonchev–Trinajstić information content (AvgIpc) is 2.60. The van der Waals surface area contributed by atoms with Crippen molar-refractivity contribution < 1.29 is 9.53 Å². The molecule has 0 saturated carbocycles. The third-order valence-corrected chi connectivity index (χ3v) is 4.87. The maximum Gasteiger partial charge on any atom is 0.260 e. The van der Waals surface area contributed by atoms with E-state index in [0.29, 0.717) is 19.0 Å². The van der Waals surface area contributed by atoms with E-state index in [1.807, 2.05) is 29.2 Å². The van der Waals surface area contributed by atoms with Gasteiger partial charge in [-0.1, -0.05) is 52.8 Å². The van der Waals surface area contributed by atoms with Crippen LogP contribution in [-0.2, 0) is 10.2 Å². The van der Waals surface area contributed by atoms with Crippen molar-refractivity contribution in [1.29, 1.82) is 5.26 Å². The number of hydrogen-bond acceptors (Lipinski definition) is 4. The molecule has 1 amide bonds. The number of rotatable bonds is 5. The molecule has 0 aliphatic carbocycles. The number of nitriles is 1. The Balaban J connectivity index is 1.90. The number of nitrogens with zero attached hydrogens (tertiary/aromatic N) is 3. The molecule has 1 unspecified atom stereocenters. The molecule has 1 fully saturated rings. The Bertz CT molecular complexity index is 650. The molecule has 1 aromatic carbocycles. The van der Waals surface area contributed by atoms with E-state index in [1.54, 1.807) is 0 Å². The Morgan fingerprint density at radius 2 is 1.81 bits per heavy atom. The summed E-state index contributed by atoms with van der Waals surface area (Å²) < 4.78 is 5.86. The van der Waals surface area contributed by atoms with Crippen molar-refractivity contribution in [2.75, 3.05) is 32.8 Å². The first-order chi connectivity index (χ1) is 12.2. The molecule has 2 rings (SSSR count). The SMILES string of the molecule is CC(C)C(C#N)N1CCN(C(=O)COc2ccccc2C(C)(C)C)CC1. The third kappa shape index (κ3) is 4.98. The van der Waals surface area contributed by atoms with E-state index in [0.717, 1.165) is 24.4 Å². The smallest absolute Gasteiger partial charge is 0.260 e. The van der Waals surface area contributed by atoms with Crippen LogP contribution in [-0.4, -0.2) is 54.5 Å².